The molecule has 1 aromatic carbocycles. The van der Waals surface area contributed by atoms with Gasteiger partial charge in [-0.1, -0.05) is 13.0 Å². The van der Waals surface area contributed by atoms with E-state index >= 15 is 0 Å². The molecule has 1 N–H and O–H groups in total. The third-order valence-corrected chi connectivity index (χ3v) is 3.44. The third kappa shape index (κ3) is 2.20. The van der Waals surface area contributed by atoms with E-state index in [1.165, 1.54) is 17.0 Å². The van der Waals surface area contributed by atoms with Crippen LogP contribution >= 0.6 is 0 Å². The van der Waals surface area contributed by atoms with Crippen molar-refractivity contribution >= 4 is 16.9 Å². The standard InChI is InChI=1S/C16H15NO3/c1-2-11-3-5-14-12(9-11)7-8-17(14)10-13-4-6-15(20-13)16(18)19/h3-9H,2,10H2,1H3,(H,18,19). The molecule has 4 heteroatoms. The average Bonchev–Trinajstić information content (AvgIpc) is 3.06. The largest absolute Gasteiger partial charge is 0.475 e. The van der Waals surface area contributed by atoms with Gasteiger partial charge in [-0.15, -0.1) is 0 Å². The number of carboxylic acids is 1. The molecule has 0 spiro atoms. The van der Waals surface area contributed by atoms with Crippen LogP contribution in [0.1, 0.15) is 28.8 Å². The first-order chi connectivity index (χ1) is 9.67. The second-order valence-corrected chi connectivity index (χ2v) is 4.76. The Kier molecular flexibility index (Phi) is 3.06. The number of aromatic carboxylic acids is 1. The molecule has 3 aromatic rings. The van der Waals surface area contributed by atoms with Crippen LogP contribution in [0.3, 0.4) is 0 Å². The van der Waals surface area contributed by atoms with E-state index in [-0.39, 0.29) is 5.76 Å². The summed E-state index contributed by atoms with van der Waals surface area (Å²) in [6.07, 6.45) is 3.01. The van der Waals surface area contributed by atoms with Crippen molar-refractivity contribution in [3.63, 3.8) is 0 Å². The first-order valence-corrected chi connectivity index (χ1v) is 6.57. The Balaban J connectivity index is 1.92. The highest BCUT2D eigenvalue weighted by Gasteiger charge is 2.10. The summed E-state index contributed by atoms with van der Waals surface area (Å²) >= 11 is 0. The molecule has 0 fully saturated rings. The predicted molar refractivity (Wildman–Crippen MR) is 76.1 cm³/mol. The molecule has 4 nitrogen and oxygen atoms in total. The van der Waals surface area contributed by atoms with Gasteiger partial charge in [0.2, 0.25) is 5.76 Å². The van der Waals surface area contributed by atoms with Gasteiger partial charge < -0.3 is 14.1 Å². The van der Waals surface area contributed by atoms with E-state index in [2.05, 4.69) is 35.8 Å². The summed E-state index contributed by atoms with van der Waals surface area (Å²) in [5.41, 5.74) is 2.43. The van der Waals surface area contributed by atoms with Crippen molar-refractivity contribution < 1.29 is 14.3 Å². The summed E-state index contributed by atoms with van der Waals surface area (Å²) in [4.78, 5) is 10.8. The van der Waals surface area contributed by atoms with Crippen molar-refractivity contribution in [2.24, 2.45) is 0 Å². The minimum Gasteiger partial charge on any atom is -0.475 e. The van der Waals surface area contributed by atoms with E-state index < -0.39 is 5.97 Å². The van der Waals surface area contributed by atoms with Crippen LogP contribution in [-0.4, -0.2) is 15.6 Å². The lowest BCUT2D eigenvalue weighted by Gasteiger charge is -2.04. The number of furan rings is 1. The average molecular weight is 269 g/mol. The summed E-state index contributed by atoms with van der Waals surface area (Å²) in [5, 5.41) is 10.0. The van der Waals surface area contributed by atoms with Crippen LogP contribution in [0.15, 0.2) is 47.0 Å². The lowest BCUT2D eigenvalue weighted by molar-refractivity contribution is 0.0660. The smallest absolute Gasteiger partial charge is 0.371 e. The quantitative estimate of drug-likeness (QED) is 0.788. The van der Waals surface area contributed by atoms with Gasteiger partial charge in [0.25, 0.3) is 0 Å². The van der Waals surface area contributed by atoms with Crippen molar-refractivity contribution in [1.29, 1.82) is 0 Å². The molecule has 0 saturated carbocycles. The van der Waals surface area contributed by atoms with Crippen molar-refractivity contribution in [2.75, 3.05) is 0 Å². The molecule has 0 bridgehead atoms. The topological polar surface area (TPSA) is 55.4 Å². The molecule has 0 amide bonds. The van der Waals surface area contributed by atoms with Crippen molar-refractivity contribution in [2.45, 2.75) is 19.9 Å². The lowest BCUT2D eigenvalue weighted by atomic mass is 10.1. The van der Waals surface area contributed by atoms with E-state index in [9.17, 15) is 4.79 Å². The molecule has 20 heavy (non-hydrogen) atoms. The van der Waals surface area contributed by atoms with Gasteiger partial charge in [0.15, 0.2) is 0 Å². The van der Waals surface area contributed by atoms with Crippen LogP contribution < -0.4 is 0 Å². The van der Waals surface area contributed by atoms with Gasteiger partial charge in [-0.3, -0.25) is 0 Å². The van der Waals surface area contributed by atoms with Crippen molar-refractivity contribution in [1.82, 2.24) is 4.57 Å². The first kappa shape index (κ1) is 12.5. The molecule has 0 atom stereocenters. The first-order valence-electron chi connectivity index (χ1n) is 6.57. The zero-order valence-corrected chi connectivity index (χ0v) is 11.2. The summed E-state index contributed by atoms with van der Waals surface area (Å²) < 4.78 is 7.35. The van der Waals surface area contributed by atoms with Crippen LogP contribution in [0.5, 0.6) is 0 Å². The molecular formula is C16H15NO3. The highest BCUT2D eigenvalue weighted by Crippen LogP contribution is 2.20. The van der Waals surface area contributed by atoms with Crippen molar-refractivity contribution in [3.05, 3.63) is 59.7 Å². The van der Waals surface area contributed by atoms with E-state index in [1.807, 2.05) is 6.20 Å². The van der Waals surface area contributed by atoms with Crippen LogP contribution in [0, 0.1) is 0 Å². The van der Waals surface area contributed by atoms with Gasteiger partial charge in [-0.05, 0) is 47.7 Å². The molecule has 0 saturated heterocycles. The number of carbonyl (C=O) groups is 1. The highest BCUT2D eigenvalue weighted by molar-refractivity contribution is 5.84. The molecule has 102 valence electrons. The van der Waals surface area contributed by atoms with E-state index in [0.717, 1.165) is 11.9 Å². The van der Waals surface area contributed by atoms with Crippen LogP contribution in [0.4, 0.5) is 0 Å². The zero-order chi connectivity index (χ0) is 14.1. The van der Waals surface area contributed by atoms with Gasteiger partial charge in [0.05, 0.1) is 6.54 Å². The molecule has 2 aromatic heterocycles. The molecule has 0 unspecified atom stereocenters. The predicted octanol–water partition coefficient (Wildman–Crippen LogP) is 3.54. The van der Waals surface area contributed by atoms with Gasteiger partial charge in [0, 0.05) is 11.7 Å². The Hall–Kier alpha value is -2.49. The molecule has 3 rings (SSSR count). The zero-order valence-electron chi connectivity index (χ0n) is 11.2. The number of aromatic nitrogens is 1. The van der Waals surface area contributed by atoms with E-state index in [0.29, 0.717) is 12.3 Å². The number of fused-ring (bicyclic) bond motifs is 1. The Morgan fingerprint density at radius 2 is 2.10 bits per heavy atom. The fourth-order valence-corrected chi connectivity index (χ4v) is 2.35. The Morgan fingerprint density at radius 1 is 1.25 bits per heavy atom. The Morgan fingerprint density at radius 3 is 2.80 bits per heavy atom. The van der Waals surface area contributed by atoms with Gasteiger partial charge in [0.1, 0.15) is 5.76 Å². The normalized spacial score (nSPS) is 11.1. The summed E-state index contributed by atoms with van der Waals surface area (Å²) in [6, 6.07) is 11.6. The maximum absolute atomic E-state index is 10.8. The van der Waals surface area contributed by atoms with E-state index in [4.69, 9.17) is 9.52 Å². The summed E-state index contributed by atoms with van der Waals surface area (Å²) in [7, 11) is 0. The van der Waals surface area contributed by atoms with Gasteiger partial charge in [-0.2, -0.15) is 0 Å². The number of rotatable bonds is 4. The second-order valence-electron chi connectivity index (χ2n) is 4.76. The molecule has 0 aliphatic heterocycles. The number of hydrogen-bond acceptors (Lipinski definition) is 2. The number of benzene rings is 1. The maximum atomic E-state index is 10.8. The fourth-order valence-electron chi connectivity index (χ4n) is 2.35. The molecule has 0 aliphatic carbocycles. The minimum atomic E-state index is -1.04. The Labute approximate surface area is 116 Å². The van der Waals surface area contributed by atoms with Crippen LogP contribution in [-0.2, 0) is 13.0 Å². The molecular weight excluding hydrogens is 254 g/mol. The van der Waals surface area contributed by atoms with Crippen LogP contribution in [0.2, 0.25) is 0 Å². The third-order valence-electron chi connectivity index (χ3n) is 3.44. The molecule has 2 heterocycles. The van der Waals surface area contributed by atoms with Gasteiger partial charge in [-0.25, -0.2) is 4.79 Å². The minimum absolute atomic E-state index is 0.0234. The maximum Gasteiger partial charge on any atom is 0.371 e. The lowest BCUT2D eigenvalue weighted by Crippen LogP contribution is -1.97. The Bertz CT molecular complexity index is 767. The SMILES string of the molecule is CCc1ccc2c(ccn2Cc2ccc(C(=O)O)o2)c1. The highest BCUT2D eigenvalue weighted by atomic mass is 16.4. The molecule has 0 radical (unpaired) electrons. The van der Waals surface area contributed by atoms with E-state index in [1.54, 1.807) is 6.07 Å². The summed E-state index contributed by atoms with van der Waals surface area (Å²) in [5.74, 6) is -0.426. The number of aryl methyl sites for hydroxylation is 1. The summed E-state index contributed by atoms with van der Waals surface area (Å²) in [6.45, 7) is 2.66. The second kappa shape index (κ2) is 4.89. The monoisotopic (exact) mass is 269 g/mol. The fraction of sp³-hybridized carbons (Fsp3) is 0.188. The number of carboxylic acid groups (broad SMARTS) is 1. The number of nitrogens with zero attached hydrogens (tertiary/aromatic N) is 1. The van der Waals surface area contributed by atoms with Crippen LogP contribution in [0.25, 0.3) is 10.9 Å². The molecule has 0 aliphatic rings. The number of hydrogen-bond donors (Lipinski definition) is 1. The van der Waals surface area contributed by atoms with Gasteiger partial charge >= 0.3 is 5.97 Å². The van der Waals surface area contributed by atoms with Crippen molar-refractivity contribution in [3.8, 4) is 0 Å².